The van der Waals surface area contributed by atoms with E-state index in [1.165, 1.54) is 24.0 Å². The second-order valence-corrected chi connectivity index (χ2v) is 6.76. The van der Waals surface area contributed by atoms with Gasteiger partial charge in [0.1, 0.15) is 0 Å². The lowest BCUT2D eigenvalue weighted by Crippen LogP contribution is -2.43. The molecule has 1 aromatic rings. The molecule has 1 aliphatic carbocycles. The van der Waals surface area contributed by atoms with Crippen LogP contribution in [0.15, 0.2) is 12.1 Å². The number of nitrogens with zero attached hydrogens (tertiary/aromatic N) is 1. The molecule has 1 heterocycles. The molecule has 1 atom stereocenters. The van der Waals surface area contributed by atoms with Crippen LogP contribution in [0.25, 0.3) is 0 Å². The lowest BCUT2D eigenvalue weighted by Gasteiger charge is -2.37. The van der Waals surface area contributed by atoms with E-state index in [2.05, 4.69) is 29.3 Å². The molecule has 1 amide bonds. The second-order valence-electron chi connectivity index (χ2n) is 6.76. The van der Waals surface area contributed by atoms with Crippen molar-refractivity contribution >= 4 is 5.91 Å². The summed E-state index contributed by atoms with van der Waals surface area (Å²) in [5.74, 6) is 2.35. The number of benzene rings is 1. The Hall–Kier alpha value is -1.75. The van der Waals surface area contributed by atoms with E-state index in [1.807, 2.05) is 0 Å². The maximum absolute atomic E-state index is 12.2. The van der Waals surface area contributed by atoms with Gasteiger partial charge in [0, 0.05) is 19.1 Å². The molecule has 1 aromatic carbocycles. The van der Waals surface area contributed by atoms with Crippen molar-refractivity contribution in [3.05, 3.63) is 23.3 Å². The number of ether oxygens (including phenoxy) is 2. The molecule has 0 saturated heterocycles. The van der Waals surface area contributed by atoms with E-state index < -0.39 is 0 Å². The Kier molecular flexibility index (Phi) is 5.29. The molecule has 3 rings (SSSR count). The summed E-state index contributed by atoms with van der Waals surface area (Å²) >= 11 is 0. The summed E-state index contributed by atoms with van der Waals surface area (Å²) in [4.78, 5) is 14.5. The van der Waals surface area contributed by atoms with Crippen molar-refractivity contribution in [3.63, 3.8) is 0 Å². The molecule has 1 unspecified atom stereocenters. The van der Waals surface area contributed by atoms with Gasteiger partial charge >= 0.3 is 0 Å². The topological polar surface area (TPSA) is 50.8 Å². The number of rotatable bonds is 7. The van der Waals surface area contributed by atoms with Crippen LogP contribution in [0.1, 0.15) is 43.4 Å². The van der Waals surface area contributed by atoms with Gasteiger partial charge in [-0.2, -0.15) is 0 Å². The van der Waals surface area contributed by atoms with Crippen molar-refractivity contribution in [2.75, 3.05) is 33.9 Å². The maximum Gasteiger partial charge on any atom is 0.234 e. The Morgan fingerprint density at radius 2 is 1.96 bits per heavy atom. The van der Waals surface area contributed by atoms with E-state index in [0.29, 0.717) is 18.5 Å². The first kappa shape index (κ1) is 17.1. The summed E-state index contributed by atoms with van der Waals surface area (Å²) in [6, 6.07) is 4.55. The predicted molar refractivity (Wildman–Crippen MR) is 93.6 cm³/mol. The van der Waals surface area contributed by atoms with Gasteiger partial charge in [0.05, 0.1) is 20.8 Å². The van der Waals surface area contributed by atoms with Crippen molar-refractivity contribution in [2.45, 2.75) is 38.6 Å². The highest BCUT2D eigenvalue weighted by molar-refractivity contribution is 5.78. The monoisotopic (exact) mass is 332 g/mol. The van der Waals surface area contributed by atoms with E-state index in [9.17, 15) is 4.79 Å². The number of nitrogens with one attached hydrogen (secondary N) is 1. The molecular weight excluding hydrogens is 304 g/mol. The fraction of sp³-hybridized carbons (Fsp3) is 0.632. The normalized spacial score (nSPS) is 20.4. The molecule has 24 heavy (non-hydrogen) atoms. The number of fused-ring (bicyclic) bond motifs is 1. The number of hydrogen-bond acceptors (Lipinski definition) is 4. The SMILES string of the molecule is CCCNC(=O)CN1CCc2cc(OC)c(OC)cc2C1C1CC1. The van der Waals surface area contributed by atoms with E-state index in [4.69, 9.17) is 9.47 Å². The van der Waals surface area contributed by atoms with Crippen molar-refractivity contribution in [2.24, 2.45) is 5.92 Å². The highest BCUT2D eigenvalue weighted by Crippen LogP contribution is 2.49. The lowest BCUT2D eigenvalue weighted by atomic mass is 9.89. The van der Waals surface area contributed by atoms with Crippen molar-refractivity contribution < 1.29 is 14.3 Å². The van der Waals surface area contributed by atoms with Gasteiger partial charge in [0.25, 0.3) is 0 Å². The third-order valence-corrected chi connectivity index (χ3v) is 5.01. The van der Waals surface area contributed by atoms with Crippen LogP contribution in [0.2, 0.25) is 0 Å². The molecule has 0 bridgehead atoms. The largest absolute Gasteiger partial charge is 0.493 e. The Balaban J connectivity index is 1.84. The zero-order chi connectivity index (χ0) is 17.1. The smallest absolute Gasteiger partial charge is 0.234 e. The highest BCUT2D eigenvalue weighted by Gasteiger charge is 2.40. The van der Waals surface area contributed by atoms with E-state index in [1.54, 1.807) is 14.2 Å². The molecule has 0 spiro atoms. The van der Waals surface area contributed by atoms with Gasteiger partial charge in [-0.25, -0.2) is 0 Å². The molecule has 1 N–H and O–H groups in total. The third kappa shape index (κ3) is 3.51. The molecule has 1 fully saturated rings. The quantitative estimate of drug-likeness (QED) is 0.834. The average Bonchev–Trinajstić information content (AvgIpc) is 3.43. The van der Waals surface area contributed by atoms with Crippen LogP contribution in [0.5, 0.6) is 11.5 Å². The Labute approximate surface area is 144 Å². The van der Waals surface area contributed by atoms with Gasteiger partial charge < -0.3 is 14.8 Å². The van der Waals surface area contributed by atoms with Gasteiger partial charge in [-0.3, -0.25) is 9.69 Å². The number of carbonyl (C=O) groups is 1. The van der Waals surface area contributed by atoms with Crippen LogP contribution >= 0.6 is 0 Å². The van der Waals surface area contributed by atoms with Crippen molar-refractivity contribution in [1.29, 1.82) is 0 Å². The molecule has 132 valence electrons. The molecule has 2 aliphatic rings. The molecule has 1 aliphatic heterocycles. The van der Waals surface area contributed by atoms with Crippen LogP contribution < -0.4 is 14.8 Å². The first-order valence-corrected chi connectivity index (χ1v) is 8.93. The van der Waals surface area contributed by atoms with Crippen LogP contribution in [0, 0.1) is 5.92 Å². The minimum Gasteiger partial charge on any atom is -0.493 e. The summed E-state index contributed by atoms with van der Waals surface area (Å²) in [5, 5.41) is 3.00. The van der Waals surface area contributed by atoms with Crippen molar-refractivity contribution in [1.82, 2.24) is 10.2 Å². The Morgan fingerprint density at radius 1 is 1.25 bits per heavy atom. The zero-order valence-electron chi connectivity index (χ0n) is 14.9. The Bertz CT molecular complexity index is 599. The highest BCUT2D eigenvalue weighted by atomic mass is 16.5. The standard InChI is InChI=1S/C19H28N2O3/c1-4-8-20-18(22)12-21-9-7-14-10-16(23-2)17(24-3)11-15(14)19(21)13-5-6-13/h10-11,13,19H,4-9,12H2,1-3H3,(H,20,22). The average molecular weight is 332 g/mol. The summed E-state index contributed by atoms with van der Waals surface area (Å²) in [5.41, 5.74) is 2.64. The summed E-state index contributed by atoms with van der Waals surface area (Å²) in [6.07, 6.45) is 4.40. The van der Waals surface area contributed by atoms with Gasteiger partial charge in [-0.05, 0) is 54.9 Å². The van der Waals surface area contributed by atoms with Crippen LogP contribution in [-0.2, 0) is 11.2 Å². The lowest BCUT2D eigenvalue weighted by molar-refractivity contribution is -0.123. The van der Waals surface area contributed by atoms with E-state index >= 15 is 0 Å². The van der Waals surface area contributed by atoms with Gasteiger partial charge in [0.2, 0.25) is 5.91 Å². The summed E-state index contributed by atoms with van der Waals surface area (Å²) in [7, 11) is 3.35. The van der Waals surface area contributed by atoms with Crippen LogP contribution in [0.4, 0.5) is 0 Å². The number of carbonyl (C=O) groups excluding carboxylic acids is 1. The minimum atomic E-state index is 0.131. The Morgan fingerprint density at radius 3 is 2.58 bits per heavy atom. The van der Waals surface area contributed by atoms with E-state index in [-0.39, 0.29) is 5.91 Å². The summed E-state index contributed by atoms with van der Waals surface area (Å²) in [6.45, 7) is 4.23. The first-order valence-electron chi connectivity index (χ1n) is 8.93. The number of amides is 1. The predicted octanol–water partition coefficient (Wildman–Crippen LogP) is 2.54. The van der Waals surface area contributed by atoms with Crippen molar-refractivity contribution in [3.8, 4) is 11.5 Å². The zero-order valence-corrected chi connectivity index (χ0v) is 14.9. The summed E-state index contributed by atoms with van der Waals surface area (Å²) < 4.78 is 10.9. The fourth-order valence-corrected chi connectivity index (χ4v) is 3.67. The molecule has 5 nitrogen and oxygen atoms in total. The van der Waals surface area contributed by atoms with Gasteiger partial charge in [-0.1, -0.05) is 6.92 Å². The number of hydrogen-bond donors (Lipinski definition) is 1. The third-order valence-electron chi connectivity index (χ3n) is 5.01. The molecule has 5 heteroatoms. The fourth-order valence-electron chi connectivity index (χ4n) is 3.67. The molecule has 1 saturated carbocycles. The van der Waals surface area contributed by atoms with E-state index in [0.717, 1.165) is 37.4 Å². The number of methoxy groups -OCH3 is 2. The first-order chi connectivity index (χ1) is 11.7. The van der Waals surface area contributed by atoms with Gasteiger partial charge in [0.15, 0.2) is 11.5 Å². The van der Waals surface area contributed by atoms with Crippen LogP contribution in [-0.4, -0.2) is 44.7 Å². The van der Waals surface area contributed by atoms with Crippen LogP contribution in [0.3, 0.4) is 0 Å². The molecular formula is C19H28N2O3. The minimum absolute atomic E-state index is 0.131. The maximum atomic E-state index is 12.2. The molecule has 0 aromatic heterocycles. The second kappa shape index (κ2) is 7.43. The molecule has 0 radical (unpaired) electrons. The van der Waals surface area contributed by atoms with Gasteiger partial charge in [-0.15, -0.1) is 0 Å².